The summed E-state index contributed by atoms with van der Waals surface area (Å²) in [4.78, 5) is 0. The summed E-state index contributed by atoms with van der Waals surface area (Å²) in [5, 5.41) is 12.8. The predicted octanol–water partition coefficient (Wildman–Crippen LogP) is 2.72. The van der Waals surface area contributed by atoms with Crippen LogP contribution >= 0.6 is 0 Å². The molecule has 0 aliphatic carbocycles. The second-order valence-corrected chi connectivity index (χ2v) is 4.22. The summed E-state index contributed by atoms with van der Waals surface area (Å²) < 4.78 is 13.7. The van der Waals surface area contributed by atoms with Crippen LogP contribution in [0.2, 0.25) is 0 Å². The van der Waals surface area contributed by atoms with E-state index >= 15 is 0 Å². The van der Waals surface area contributed by atoms with Crippen molar-refractivity contribution in [2.24, 2.45) is 0 Å². The average molecular weight is 229 g/mol. The van der Waals surface area contributed by atoms with Gasteiger partial charge >= 0.3 is 0 Å². The Balaban J connectivity index is 2.10. The van der Waals surface area contributed by atoms with E-state index in [1.807, 2.05) is 12.1 Å². The lowest BCUT2D eigenvalue weighted by molar-refractivity contribution is 0.474. The number of phenols is 1. The number of benzene rings is 2. The summed E-state index contributed by atoms with van der Waals surface area (Å²) in [7, 11) is 0. The van der Waals surface area contributed by atoms with Crippen LogP contribution < -0.4 is 5.32 Å². The van der Waals surface area contributed by atoms with Gasteiger partial charge in [0.2, 0.25) is 0 Å². The maximum absolute atomic E-state index is 13.7. The Labute approximate surface area is 98.7 Å². The molecule has 0 amide bonds. The first-order valence-corrected chi connectivity index (χ1v) is 5.55. The molecular weight excluding hydrogens is 217 g/mol. The maximum Gasteiger partial charge on any atom is 0.128 e. The topological polar surface area (TPSA) is 32.3 Å². The van der Waals surface area contributed by atoms with Crippen LogP contribution in [0.15, 0.2) is 42.5 Å². The first-order valence-electron chi connectivity index (χ1n) is 5.55. The number of phenolic OH excluding ortho intramolecular Hbond substituents is 1. The van der Waals surface area contributed by atoms with Gasteiger partial charge in [0.05, 0.1) is 6.04 Å². The molecule has 0 saturated carbocycles. The van der Waals surface area contributed by atoms with Gasteiger partial charge in [-0.2, -0.15) is 0 Å². The Bertz CT molecular complexity index is 568. The summed E-state index contributed by atoms with van der Waals surface area (Å²) in [6, 6.07) is 11.8. The van der Waals surface area contributed by atoms with Gasteiger partial charge in [-0.3, -0.25) is 0 Å². The molecule has 1 aliphatic heterocycles. The molecule has 2 aromatic rings. The van der Waals surface area contributed by atoms with Crippen molar-refractivity contribution in [2.45, 2.75) is 12.6 Å². The zero-order valence-electron chi connectivity index (χ0n) is 9.15. The van der Waals surface area contributed by atoms with E-state index in [-0.39, 0.29) is 17.6 Å². The first-order chi connectivity index (χ1) is 8.25. The summed E-state index contributed by atoms with van der Waals surface area (Å²) in [6.07, 6.45) is 0. The van der Waals surface area contributed by atoms with Crippen molar-refractivity contribution in [2.75, 3.05) is 0 Å². The minimum Gasteiger partial charge on any atom is -0.508 e. The normalized spacial score (nSPS) is 18.1. The lowest BCUT2D eigenvalue weighted by Gasteiger charge is -2.13. The largest absolute Gasteiger partial charge is 0.508 e. The van der Waals surface area contributed by atoms with Crippen molar-refractivity contribution in [3.8, 4) is 5.75 Å². The molecule has 3 rings (SSSR count). The smallest absolute Gasteiger partial charge is 0.128 e. The number of hydrogen-bond donors (Lipinski definition) is 2. The molecule has 1 unspecified atom stereocenters. The number of aromatic hydroxyl groups is 1. The Morgan fingerprint density at radius 1 is 1.12 bits per heavy atom. The highest BCUT2D eigenvalue weighted by Crippen LogP contribution is 2.33. The number of halogens is 1. The highest BCUT2D eigenvalue weighted by Gasteiger charge is 2.25. The molecule has 0 radical (unpaired) electrons. The lowest BCUT2D eigenvalue weighted by atomic mass is 9.98. The quantitative estimate of drug-likeness (QED) is 0.788. The zero-order chi connectivity index (χ0) is 11.8. The van der Waals surface area contributed by atoms with Gasteiger partial charge in [0, 0.05) is 12.1 Å². The third-order valence-corrected chi connectivity index (χ3v) is 3.15. The van der Waals surface area contributed by atoms with E-state index in [1.165, 1.54) is 6.07 Å². The van der Waals surface area contributed by atoms with E-state index < -0.39 is 0 Å². The van der Waals surface area contributed by atoms with Crippen LogP contribution in [0.4, 0.5) is 4.39 Å². The average Bonchev–Trinajstić information content (AvgIpc) is 2.72. The van der Waals surface area contributed by atoms with E-state index in [2.05, 4.69) is 5.32 Å². The van der Waals surface area contributed by atoms with Crippen LogP contribution in [0.25, 0.3) is 0 Å². The van der Waals surface area contributed by atoms with Gasteiger partial charge < -0.3 is 10.4 Å². The molecule has 0 bridgehead atoms. The molecular formula is C14H12FNO. The van der Waals surface area contributed by atoms with Crippen molar-refractivity contribution in [3.05, 3.63) is 65.0 Å². The molecule has 2 aromatic carbocycles. The van der Waals surface area contributed by atoms with Crippen molar-refractivity contribution in [3.63, 3.8) is 0 Å². The van der Waals surface area contributed by atoms with Crippen LogP contribution in [0.5, 0.6) is 5.75 Å². The molecule has 1 heterocycles. The first kappa shape index (κ1) is 10.3. The van der Waals surface area contributed by atoms with Gasteiger partial charge in [0.25, 0.3) is 0 Å². The molecule has 2 nitrogen and oxygen atoms in total. The van der Waals surface area contributed by atoms with Gasteiger partial charge in [0.15, 0.2) is 0 Å². The fourth-order valence-corrected chi connectivity index (χ4v) is 2.32. The predicted molar refractivity (Wildman–Crippen MR) is 63.2 cm³/mol. The monoisotopic (exact) mass is 229 g/mol. The molecule has 1 aliphatic rings. The second-order valence-electron chi connectivity index (χ2n) is 4.22. The van der Waals surface area contributed by atoms with Crippen molar-refractivity contribution in [1.82, 2.24) is 5.32 Å². The second kappa shape index (κ2) is 3.86. The van der Waals surface area contributed by atoms with E-state index in [0.29, 0.717) is 12.1 Å². The SMILES string of the molecule is Oc1ccc2c(c1)C(c1ccccc1F)NC2. The molecule has 0 saturated heterocycles. The fraction of sp³-hybridized carbons (Fsp3) is 0.143. The van der Waals surface area contributed by atoms with Crippen LogP contribution in [0.1, 0.15) is 22.7 Å². The molecule has 0 fully saturated rings. The van der Waals surface area contributed by atoms with E-state index in [9.17, 15) is 9.50 Å². The number of rotatable bonds is 1. The van der Waals surface area contributed by atoms with Crippen LogP contribution in [-0.4, -0.2) is 5.11 Å². The highest BCUT2D eigenvalue weighted by molar-refractivity contribution is 5.44. The van der Waals surface area contributed by atoms with Crippen molar-refractivity contribution >= 4 is 0 Å². The standard InChI is InChI=1S/C14H12FNO/c15-13-4-2-1-3-11(13)14-12-7-10(17)6-5-9(12)8-16-14/h1-7,14,16-17H,8H2. The minimum atomic E-state index is -0.221. The molecule has 1 atom stereocenters. The number of fused-ring (bicyclic) bond motifs is 1. The Morgan fingerprint density at radius 2 is 1.94 bits per heavy atom. The third kappa shape index (κ3) is 1.68. The summed E-state index contributed by atoms with van der Waals surface area (Å²) in [5.74, 6) is -0.00465. The van der Waals surface area contributed by atoms with Crippen LogP contribution in [0.3, 0.4) is 0 Å². The van der Waals surface area contributed by atoms with Gasteiger partial charge in [-0.25, -0.2) is 4.39 Å². The van der Waals surface area contributed by atoms with Crippen LogP contribution in [-0.2, 0) is 6.54 Å². The fourth-order valence-electron chi connectivity index (χ4n) is 2.32. The molecule has 17 heavy (non-hydrogen) atoms. The minimum absolute atomic E-state index is 0.168. The van der Waals surface area contributed by atoms with E-state index in [0.717, 1.165) is 11.1 Å². The molecule has 86 valence electrons. The number of hydrogen-bond acceptors (Lipinski definition) is 2. The van der Waals surface area contributed by atoms with Crippen LogP contribution in [0, 0.1) is 5.82 Å². The summed E-state index contributed by atoms with van der Waals surface area (Å²) in [5.41, 5.74) is 2.68. The van der Waals surface area contributed by atoms with Crippen molar-refractivity contribution < 1.29 is 9.50 Å². The molecule has 2 N–H and O–H groups in total. The Hall–Kier alpha value is -1.87. The molecule has 3 heteroatoms. The Morgan fingerprint density at radius 3 is 2.76 bits per heavy atom. The molecule has 0 spiro atoms. The number of nitrogens with one attached hydrogen (secondary N) is 1. The lowest BCUT2D eigenvalue weighted by Crippen LogP contribution is -2.14. The van der Waals surface area contributed by atoms with E-state index in [4.69, 9.17) is 0 Å². The van der Waals surface area contributed by atoms with Gasteiger partial charge in [-0.1, -0.05) is 24.3 Å². The zero-order valence-corrected chi connectivity index (χ0v) is 9.15. The highest BCUT2D eigenvalue weighted by atomic mass is 19.1. The molecule has 0 aromatic heterocycles. The Kier molecular flexibility index (Phi) is 2.34. The van der Waals surface area contributed by atoms with Gasteiger partial charge in [-0.05, 0) is 29.3 Å². The van der Waals surface area contributed by atoms with E-state index in [1.54, 1.807) is 24.3 Å². The maximum atomic E-state index is 13.7. The van der Waals surface area contributed by atoms with Gasteiger partial charge in [-0.15, -0.1) is 0 Å². The van der Waals surface area contributed by atoms with Crippen molar-refractivity contribution in [1.29, 1.82) is 0 Å². The summed E-state index contributed by atoms with van der Waals surface area (Å²) >= 11 is 0. The third-order valence-electron chi connectivity index (χ3n) is 3.15. The summed E-state index contributed by atoms with van der Waals surface area (Å²) in [6.45, 7) is 0.703. The van der Waals surface area contributed by atoms with Gasteiger partial charge in [0.1, 0.15) is 11.6 Å².